The van der Waals surface area contributed by atoms with E-state index in [2.05, 4.69) is 21.3 Å². The maximum Gasteiger partial charge on any atom is 0.257 e. The number of aryl methyl sites for hydroxylation is 1. The molecular weight excluding hydrogens is 314 g/mol. The minimum Gasteiger partial charge on any atom is -0.378 e. The van der Waals surface area contributed by atoms with Crippen molar-refractivity contribution in [3.05, 3.63) is 53.2 Å². The molecule has 1 aliphatic heterocycles. The predicted molar refractivity (Wildman–Crippen MR) is 98.3 cm³/mol. The van der Waals surface area contributed by atoms with E-state index in [1.165, 1.54) is 24.0 Å². The molecule has 1 fully saturated rings. The van der Waals surface area contributed by atoms with Crippen molar-refractivity contribution in [2.45, 2.75) is 25.7 Å². The molecule has 1 N–H and O–H groups in total. The van der Waals surface area contributed by atoms with Gasteiger partial charge in [0.15, 0.2) is 0 Å². The van der Waals surface area contributed by atoms with Crippen molar-refractivity contribution >= 4 is 17.4 Å². The Bertz CT molecular complexity index is 752. The molecule has 5 nitrogen and oxygen atoms in total. The van der Waals surface area contributed by atoms with E-state index in [1.807, 2.05) is 24.3 Å². The highest BCUT2D eigenvalue weighted by Gasteiger charge is 2.16. The lowest BCUT2D eigenvalue weighted by Gasteiger charge is -2.27. The van der Waals surface area contributed by atoms with Gasteiger partial charge in [0.05, 0.1) is 18.8 Å². The Balaban J connectivity index is 1.48. The lowest BCUT2D eigenvalue weighted by Crippen LogP contribution is -2.36. The minimum absolute atomic E-state index is 0.0972. The molecule has 2 heterocycles. The van der Waals surface area contributed by atoms with Crippen LogP contribution in [-0.4, -0.2) is 37.2 Å². The van der Waals surface area contributed by atoms with E-state index in [0.717, 1.165) is 50.7 Å². The topological polar surface area (TPSA) is 54.5 Å². The summed E-state index contributed by atoms with van der Waals surface area (Å²) in [5, 5.41) is 3.07. The lowest BCUT2D eigenvalue weighted by molar-refractivity contribution is 0.102. The Morgan fingerprint density at radius 2 is 1.92 bits per heavy atom. The van der Waals surface area contributed by atoms with Crippen molar-refractivity contribution < 1.29 is 9.53 Å². The molecule has 2 aromatic rings. The number of anilines is 2. The van der Waals surface area contributed by atoms with E-state index in [9.17, 15) is 4.79 Å². The number of ether oxygens (including phenoxy) is 1. The summed E-state index contributed by atoms with van der Waals surface area (Å²) in [7, 11) is 0. The van der Waals surface area contributed by atoms with Crippen molar-refractivity contribution in [1.29, 1.82) is 0 Å². The van der Waals surface area contributed by atoms with Crippen LogP contribution in [0.3, 0.4) is 0 Å². The van der Waals surface area contributed by atoms with Gasteiger partial charge >= 0.3 is 0 Å². The molecule has 1 aromatic carbocycles. The zero-order valence-corrected chi connectivity index (χ0v) is 14.3. The Hall–Kier alpha value is -2.40. The monoisotopic (exact) mass is 337 g/mol. The fourth-order valence-corrected chi connectivity index (χ4v) is 3.59. The fourth-order valence-electron chi connectivity index (χ4n) is 3.59. The van der Waals surface area contributed by atoms with Crippen LogP contribution in [0, 0.1) is 0 Å². The second-order valence-electron chi connectivity index (χ2n) is 6.61. The summed E-state index contributed by atoms with van der Waals surface area (Å²) in [6.45, 7) is 3.13. The molecule has 25 heavy (non-hydrogen) atoms. The largest absolute Gasteiger partial charge is 0.378 e. The van der Waals surface area contributed by atoms with E-state index in [4.69, 9.17) is 4.74 Å². The van der Waals surface area contributed by atoms with E-state index in [-0.39, 0.29) is 5.91 Å². The molecule has 1 amide bonds. The first-order valence-corrected chi connectivity index (χ1v) is 9.02. The predicted octanol–water partition coefficient (Wildman–Crippen LogP) is 3.05. The maximum absolute atomic E-state index is 12.6. The van der Waals surface area contributed by atoms with Crippen molar-refractivity contribution in [1.82, 2.24) is 4.98 Å². The van der Waals surface area contributed by atoms with E-state index < -0.39 is 0 Å². The number of carbonyl (C=O) groups is 1. The van der Waals surface area contributed by atoms with Crippen LogP contribution in [0.1, 0.15) is 34.3 Å². The number of nitrogens with zero attached hydrogens (tertiary/aromatic N) is 2. The lowest BCUT2D eigenvalue weighted by atomic mass is 9.90. The summed E-state index contributed by atoms with van der Waals surface area (Å²) in [6, 6.07) is 9.96. The van der Waals surface area contributed by atoms with Crippen LogP contribution in [0.2, 0.25) is 0 Å². The Kier molecular flexibility index (Phi) is 4.65. The van der Waals surface area contributed by atoms with Crippen LogP contribution in [-0.2, 0) is 17.6 Å². The van der Waals surface area contributed by atoms with Crippen LogP contribution >= 0.6 is 0 Å². The SMILES string of the molecule is O=C(Nc1cccc2c1CCCC2)c1ccc(N2CCOCC2)nc1. The molecular formula is C20H23N3O2. The van der Waals surface area contributed by atoms with Crippen molar-refractivity contribution in [3.8, 4) is 0 Å². The van der Waals surface area contributed by atoms with Crippen LogP contribution in [0.4, 0.5) is 11.5 Å². The first-order chi connectivity index (χ1) is 12.3. The van der Waals surface area contributed by atoms with Gasteiger partial charge in [-0.2, -0.15) is 0 Å². The van der Waals surface area contributed by atoms with Crippen LogP contribution in [0.25, 0.3) is 0 Å². The third-order valence-electron chi connectivity index (χ3n) is 4.99. The number of fused-ring (bicyclic) bond motifs is 1. The third-order valence-corrected chi connectivity index (χ3v) is 4.99. The normalized spacial score (nSPS) is 17.0. The second-order valence-corrected chi connectivity index (χ2v) is 6.61. The highest BCUT2D eigenvalue weighted by Crippen LogP contribution is 2.28. The number of pyridine rings is 1. The molecule has 130 valence electrons. The number of aromatic nitrogens is 1. The van der Waals surface area contributed by atoms with Gasteiger partial charge in [-0.1, -0.05) is 12.1 Å². The smallest absolute Gasteiger partial charge is 0.257 e. The zero-order chi connectivity index (χ0) is 17.1. The standard InChI is InChI=1S/C20H23N3O2/c24-20(22-18-7-3-5-15-4-1-2-6-17(15)18)16-8-9-19(21-14-16)23-10-12-25-13-11-23/h3,5,7-9,14H,1-2,4,6,10-13H2,(H,22,24). The number of hydrogen-bond acceptors (Lipinski definition) is 4. The van der Waals surface area contributed by atoms with E-state index in [1.54, 1.807) is 6.20 Å². The number of benzene rings is 1. The Morgan fingerprint density at radius 1 is 1.08 bits per heavy atom. The summed E-state index contributed by atoms with van der Waals surface area (Å²) < 4.78 is 5.36. The summed E-state index contributed by atoms with van der Waals surface area (Å²) >= 11 is 0. The minimum atomic E-state index is -0.0972. The number of amides is 1. The highest BCUT2D eigenvalue weighted by molar-refractivity contribution is 6.04. The van der Waals surface area contributed by atoms with Gasteiger partial charge < -0.3 is 15.0 Å². The van der Waals surface area contributed by atoms with Gasteiger partial charge in [0.2, 0.25) is 0 Å². The number of hydrogen-bond donors (Lipinski definition) is 1. The average molecular weight is 337 g/mol. The van der Waals surface area contributed by atoms with E-state index in [0.29, 0.717) is 5.56 Å². The molecule has 0 spiro atoms. The maximum atomic E-state index is 12.6. The second kappa shape index (κ2) is 7.23. The first-order valence-electron chi connectivity index (χ1n) is 9.02. The number of nitrogens with one attached hydrogen (secondary N) is 1. The molecule has 0 bridgehead atoms. The van der Waals surface area contributed by atoms with Crippen molar-refractivity contribution in [3.63, 3.8) is 0 Å². The van der Waals surface area contributed by atoms with Gasteiger partial charge in [0, 0.05) is 25.0 Å². The molecule has 0 unspecified atom stereocenters. The molecule has 1 saturated heterocycles. The van der Waals surface area contributed by atoms with Gasteiger partial charge in [-0.3, -0.25) is 4.79 Å². The summed E-state index contributed by atoms with van der Waals surface area (Å²) in [5.41, 5.74) is 4.19. The third kappa shape index (κ3) is 3.51. The van der Waals surface area contributed by atoms with Gasteiger partial charge in [-0.25, -0.2) is 4.98 Å². The number of carbonyl (C=O) groups excluding carboxylic acids is 1. The summed E-state index contributed by atoms with van der Waals surface area (Å²) in [5.74, 6) is 0.803. The quantitative estimate of drug-likeness (QED) is 0.935. The molecule has 0 saturated carbocycles. The fraction of sp³-hybridized carbons (Fsp3) is 0.400. The molecule has 4 rings (SSSR count). The number of morpholine rings is 1. The van der Waals surface area contributed by atoms with Gasteiger partial charge in [0.25, 0.3) is 5.91 Å². The van der Waals surface area contributed by atoms with Gasteiger partial charge in [-0.15, -0.1) is 0 Å². The molecule has 0 atom stereocenters. The molecule has 2 aliphatic rings. The molecule has 0 radical (unpaired) electrons. The summed E-state index contributed by atoms with van der Waals surface area (Å²) in [4.78, 5) is 19.2. The summed E-state index contributed by atoms with van der Waals surface area (Å²) in [6.07, 6.45) is 6.23. The molecule has 1 aromatic heterocycles. The van der Waals surface area contributed by atoms with E-state index >= 15 is 0 Å². The van der Waals surface area contributed by atoms with Crippen molar-refractivity contribution in [2.24, 2.45) is 0 Å². The van der Waals surface area contributed by atoms with Crippen molar-refractivity contribution in [2.75, 3.05) is 36.5 Å². The molecule has 5 heteroatoms. The van der Waals surface area contributed by atoms with Crippen LogP contribution in [0.15, 0.2) is 36.5 Å². The van der Waals surface area contributed by atoms with Gasteiger partial charge in [0.1, 0.15) is 5.82 Å². The highest BCUT2D eigenvalue weighted by atomic mass is 16.5. The Labute approximate surface area is 148 Å². The average Bonchev–Trinajstić information content (AvgIpc) is 2.69. The van der Waals surface area contributed by atoms with Crippen LogP contribution in [0.5, 0.6) is 0 Å². The van der Waals surface area contributed by atoms with Gasteiger partial charge in [-0.05, 0) is 55.0 Å². The Morgan fingerprint density at radius 3 is 2.72 bits per heavy atom. The number of rotatable bonds is 3. The van der Waals surface area contributed by atoms with Crippen LogP contribution < -0.4 is 10.2 Å². The first kappa shape index (κ1) is 16.1. The molecule has 1 aliphatic carbocycles. The zero-order valence-electron chi connectivity index (χ0n) is 14.3.